The van der Waals surface area contributed by atoms with Gasteiger partial charge in [-0.3, -0.25) is 9.25 Å². The van der Waals surface area contributed by atoms with Crippen LogP contribution in [0.25, 0.3) is 22.4 Å². The third kappa shape index (κ3) is 14.0. The van der Waals surface area contributed by atoms with Crippen molar-refractivity contribution in [1.82, 2.24) is 9.47 Å². The normalized spacial score (nSPS) is 15.6. The van der Waals surface area contributed by atoms with Gasteiger partial charge in [-0.15, -0.1) is 11.8 Å². The van der Waals surface area contributed by atoms with Crippen molar-refractivity contribution in [2.24, 2.45) is 0 Å². The van der Waals surface area contributed by atoms with Crippen LogP contribution in [-0.4, -0.2) is 117 Å². The first-order valence-electron chi connectivity index (χ1n) is 24.5. The molecule has 2 aliphatic heterocycles. The predicted octanol–water partition coefficient (Wildman–Crippen LogP) is 10.3. The molecule has 8 rings (SSSR count). The van der Waals surface area contributed by atoms with Gasteiger partial charge in [-0.25, -0.2) is 30.6 Å². The van der Waals surface area contributed by atoms with Gasteiger partial charge < -0.3 is 39.5 Å². The SMILES string of the molecule is Cc1c(C(=O)O)c(-c2cc(F)cc(N3CCN(c4ccc(NS(=O)(=O)c5ccc(N[C@H](CCN6CCC(OP(=O)(O)O)CC6)CSc6ccccc6)c(S(C)(=O)=O)c5)cc4)CC3)c2)c(-c2ccc(Cl)cc2)n1C(C)C. The Kier molecular flexibility index (Phi) is 17.5. The van der Waals surface area contributed by atoms with E-state index in [1.54, 1.807) is 55.1 Å². The third-order valence-electron chi connectivity index (χ3n) is 13.4. The second kappa shape index (κ2) is 23.5. The number of carboxylic acid groups (broad SMARTS) is 1. The van der Waals surface area contributed by atoms with Gasteiger partial charge in [0.1, 0.15) is 5.82 Å². The molecule has 75 heavy (non-hydrogen) atoms. The molecule has 2 aliphatic rings. The minimum atomic E-state index is -4.59. The number of nitrogens with one attached hydrogen (secondary N) is 2. The topological polar surface area (TPSA) is 211 Å². The number of nitrogens with zero attached hydrogens (tertiary/aromatic N) is 4. The second-order valence-electron chi connectivity index (χ2n) is 19.1. The predicted molar refractivity (Wildman–Crippen MR) is 295 cm³/mol. The Morgan fingerprint density at radius 2 is 1.48 bits per heavy atom. The molecule has 0 amide bonds. The fourth-order valence-electron chi connectivity index (χ4n) is 9.86. The van der Waals surface area contributed by atoms with E-state index in [0.717, 1.165) is 28.5 Å². The van der Waals surface area contributed by atoms with Crippen molar-refractivity contribution in [3.63, 3.8) is 0 Å². The third-order valence-corrected chi connectivity index (χ3v) is 17.9. The lowest BCUT2D eigenvalue weighted by molar-refractivity contribution is 0.0690. The number of carboxylic acids is 1. The number of anilines is 4. The number of carbonyl (C=O) groups is 1. The highest BCUT2D eigenvalue weighted by Gasteiger charge is 2.31. The summed E-state index contributed by atoms with van der Waals surface area (Å²) in [6.07, 6.45) is 1.99. The van der Waals surface area contributed by atoms with E-state index in [1.807, 2.05) is 66.9 Å². The quantitative estimate of drug-likeness (QED) is 0.0356. The van der Waals surface area contributed by atoms with E-state index in [2.05, 4.69) is 24.7 Å². The lowest BCUT2D eigenvalue weighted by atomic mass is 9.96. The molecule has 22 heteroatoms. The van der Waals surface area contributed by atoms with Crippen LogP contribution in [-0.2, 0) is 28.9 Å². The minimum absolute atomic E-state index is 0.100. The standard InChI is InChI=1S/C53H61ClFN6O10PS3/c1-35(2)61-36(3)50(53(62)63)51(52(61)37-10-12-39(54)13-11-37)38-30-40(55)32-44(31-38)60-28-26-59(27-29-60)43-16-14-41(15-17-43)57-75(69,70)47-18-19-48(49(33-47)74(4,67)68)56-42(34-73-46-8-6-5-7-9-46)20-23-58-24-21-45(22-25-58)71-72(64,65)66/h5-19,30-33,35,42,45,56-57H,20-29,34H2,1-4H3,(H,62,63)(H2,64,65,66)/t42-/m1/s1. The number of halogens is 2. The van der Waals surface area contributed by atoms with E-state index in [9.17, 15) is 41.1 Å². The van der Waals surface area contributed by atoms with Gasteiger partial charge in [-0.1, -0.05) is 41.9 Å². The zero-order chi connectivity index (χ0) is 53.8. The van der Waals surface area contributed by atoms with Crippen molar-refractivity contribution in [3.05, 3.63) is 137 Å². The summed E-state index contributed by atoms with van der Waals surface area (Å²) in [5, 5.41) is 14.5. The lowest BCUT2D eigenvalue weighted by Crippen LogP contribution is -2.46. The maximum absolute atomic E-state index is 15.7. The van der Waals surface area contributed by atoms with E-state index < -0.39 is 45.6 Å². The molecule has 0 saturated carbocycles. The molecule has 0 unspecified atom stereocenters. The van der Waals surface area contributed by atoms with Crippen molar-refractivity contribution < 1.29 is 50.0 Å². The molecule has 2 fully saturated rings. The van der Waals surface area contributed by atoms with E-state index in [-0.39, 0.29) is 38.8 Å². The second-order valence-corrected chi connectivity index (χ2v) is 25.5. The van der Waals surface area contributed by atoms with E-state index in [1.165, 1.54) is 24.3 Å². The van der Waals surface area contributed by atoms with Gasteiger partial charge in [0.05, 0.1) is 32.8 Å². The molecular weight excluding hydrogens is 1060 g/mol. The number of piperazine rings is 1. The Labute approximate surface area is 447 Å². The van der Waals surface area contributed by atoms with Crippen molar-refractivity contribution in [1.29, 1.82) is 0 Å². The molecule has 0 radical (unpaired) electrons. The van der Waals surface area contributed by atoms with Gasteiger partial charge in [0.2, 0.25) is 0 Å². The van der Waals surface area contributed by atoms with Crippen molar-refractivity contribution in [2.45, 2.75) is 72.9 Å². The zero-order valence-corrected chi connectivity index (χ0v) is 46.0. The maximum atomic E-state index is 15.7. The smallest absolute Gasteiger partial charge is 0.469 e. The Morgan fingerprint density at radius 3 is 2.08 bits per heavy atom. The number of sulfonamides is 1. The summed E-state index contributed by atoms with van der Waals surface area (Å²) in [5.41, 5.74) is 4.89. The lowest BCUT2D eigenvalue weighted by Gasteiger charge is -2.37. The number of thioether (sulfide) groups is 1. The number of phosphoric ester groups is 1. The molecule has 6 aromatic rings. The van der Waals surface area contributed by atoms with Crippen molar-refractivity contribution in [2.75, 3.05) is 77.7 Å². The number of rotatable bonds is 20. The number of sulfone groups is 1. The van der Waals surface area contributed by atoms with Crippen LogP contribution in [0.2, 0.25) is 5.02 Å². The highest BCUT2D eigenvalue weighted by Crippen LogP contribution is 2.43. The van der Waals surface area contributed by atoms with Gasteiger partial charge in [-0.2, -0.15) is 0 Å². The minimum Gasteiger partial charge on any atom is -0.478 e. The van der Waals surface area contributed by atoms with E-state index in [0.29, 0.717) is 104 Å². The van der Waals surface area contributed by atoms with Crippen LogP contribution in [0.5, 0.6) is 0 Å². The average molecular weight is 1120 g/mol. The molecule has 5 aromatic carbocycles. The summed E-state index contributed by atoms with van der Waals surface area (Å²) in [6, 6.07) is 32.1. The molecule has 3 heterocycles. The van der Waals surface area contributed by atoms with Crippen LogP contribution in [0.15, 0.2) is 130 Å². The summed E-state index contributed by atoms with van der Waals surface area (Å²) in [7, 11) is -12.8. The summed E-state index contributed by atoms with van der Waals surface area (Å²) in [4.78, 5) is 38.3. The summed E-state index contributed by atoms with van der Waals surface area (Å²) in [6.45, 7) is 9.59. The molecule has 0 aliphatic carbocycles. The molecule has 400 valence electrons. The van der Waals surface area contributed by atoms with Gasteiger partial charge in [-0.05, 0) is 136 Å². The Hall–Kier alpha value is -5.41. The summed E-state index contributed by atoms with van der Waals surface area (Å²) >= 11 is 7.83. The highest BCUT2D eigenvalue weighted by atomic mass is 35.5. The molecule has 0 bridgehead atoms. The van der Waals surface area contributed by atoms with Crippen LogP contribution in [0.4, 0.5) is 27.1 Å². The van der Waals surface area contributed by atoms with E-state index >= 15 is 4.39 Å². The number of likely N-dealkylation sites (tertiary alicyclic amines) is 1. The first kappa shape index (κ1) is 55.8. The molecule has 0 spiro atoms. The first-order valence-corrected chi connectivity index (χ1v) is 30.7. The van der Waals surface area contributed by atoms with Crippen LogP contribution in [0.1, 0.15) is 55.2 Å². The molecule has 1 atom stereocenters. The van der Waals surface area contributed by atoms with Crippen LogP contribution in [0.3, 0.4) is 0 Å². The molecular formula is C53H61ClFN6O10PS3. The number of hydrogen-bond donors (Lipinski definition) is 5. The van der Waals surface area contributed by atoms with Crippen molar-refractivity contribution >= 4 is 79.8 Å². The number of aromatic carboxylic acids is 1. The summed E-state index contributed by atoms with van der Waals surface area (Å²) < 4.78 is 90.9. The molecule has 1 aromatic heterocycles. The van der Waals surface area contributed by atoms with Crippen LogP contribution >= 0.6 is 31.2 Å². The Bertz CT molecular complexity index is 3280. The average Bonchev–Trinajstić information content (AvgIpc) is 3.68. The van der Waals surface area contributed by atoms with Gasteiger partial charge in [0.25, 0.3) is 10.0 Å². The summed E-state index contributed by atoms with van der Waals surface area (Å²) in [5.74, 6) is -1.06. The Morgan fingerprint density at radius 1 is 0.840 bits per heavy atom. The van der Waals surface area contributed by atoms with Gasteiger partial charge in [0, 0.05) is 108 Å². The molecule has 5 N–H and O–H groups in total. The maximum Gasteiger partial charge on any atom is 0.469 e. The monoisotopic (exact) mass is 1120 g/mol. The Balaban J connectivity index is 0.939. The number of piperidine rings is 1. The van der Waals surface area contributed by atoms with Gasteiger partial charge >= 0.3 is 13.8 Å². The largest absolute Gasteiger partial charge is 0.478 e. The van der Waals surface area contributed by atoms with Gasteiger partial charge in [0.15, 0.2) is 9.84 Å². The first-order chi connectivity index (χ1) is 35.5. The number of hydrogen-bond acceptors (Lipinski definition) is 12. The van der Waals surface area contributed by atoms with Crippen molar-refractivity contribution in [3.8, 4) is 22.4 Å². The number of phosphoric acid groups is 1. The fourth-order valence-corrected chi connectivity index (χ4v) is 13.6. The number of aromatic nitrogens is 1. The van der Waals surface area contributed by atoms with Crippen LogP contribution < -0.4 is 19.8 Å². The number of benzene rings is 5. The highest BCUT2D eigenvalue weighted by molar-refractivity contribution is 7.99. The fraction of sp³-hybridized carbons (Fsp3) is 0.340. The molecule has 2 saturated heterocycles. The van der Waals surface area contributed by atoms with Crippen LogP contribution in [0, 0.1) is 12.7 Å². The van der Waals surface area contributed by atoms with E-state index in [4.69, 9.17) is 16.1 Å². The zero-order valence-electron chi connectivity index (χ0n) is 41.9. The molecule has 16 nitrogen and oxygen atoms in total.